The van der Waals surface area contributed by atoms with Crippen LogP contribution in [-0.4, -0.2) is 60.4 Å². The summed E-state index contributed by atoms with van der Waals surface area (Å²) < 4.78 is 81.3. The number of halogens is 3. The van der Waals surface area contributed by atoms with E-state index in [2.05, 4.69) is 15.0 Å². The van der Waals surface area contributed by atoms with Gasteiger partial charge in [0.1, 0.15) is 11.2 Å². The van der Waals surface area contributed by atoms with E-state index in [-0.39, 0.29) is 47.6 Å². The average molecular weight is 525 g/mol. The SMILES string of the molecule is Cn1cc2c(c1C(=O)Nc1cc(F)c(F)c(F)c1)OC[C@@H]1CN(C(=O)c3ncco3)C[C@@H]1NS2(=O)=O. The number of nitrogens with zero attached hydrogens (tertiary/aromatic N) is 3. The van der Waals surface area contributed by atoms with Gasteiger partial charge in [0.2, 0.25) is 10.0 Å². The maximum Gasteiger partial charge on any atom is 0.309 e. The van der Waals surface area contributed by atoms with Crippen molar-refractivity contribution < 1.29 is 40.3 Å². The van der Waals surface area contributed by atoms with Gasteiger partial charge in [-0.1, -0.05) is 0 Å². The fourth-order valence-electron chi connectivity index (χ4n) is 4.25. The van der Waals surface area contributed by atoms with Crippen LogP contribution in [0.25, 0.3) is 0 Å². The number of hydrogen-bond donors (Lipinski definition) is 2. The largest absolute Gasteiger partial charge is 0.489 e. The van der Waals surface area contributed by atoms with E-state index < -0.39 is 51.2 Å². The third kappa shape index (κ3) is 4.09. The first-order valence-electron chi connectivity index (χ1n) is 10.5. The van der Waals surface area contributed by atoms with Crippen LogP contribution >= 0.6 is 0 Å². The van der Waals surface area contributed by atoms with Gasteiger partial charge in [0.05, 0.1) is 12.8 Å². The molecular weight excluding hydrogens is 507 g/mol. The normalized spacial score (nSPS) is 20.6. The van der Waals surface area contributed by atoms with E-state index in [0.717, 1.165) is 6.20 Å². The van der Waals surface area contributed by atoms with Gasteiger partial charge in [0.25, 0.3) is 11.8 Å². The van der Waals surface area contributed by atoms with Crippen molar-refractivity contribution in [2.75, 3.05) is 25.0 Å². The van der Waals surface area contributed by atoms with E-state index >= 15 is 0 Å². The van der Waals surface area contributed by atoms with Crippen LogP contribution < -0.4 is 14.8 Å². The molecule has 2 aliphatic rings. The minimum atomic E-state index is -4.21. The predicted molar refractivity (Wildman–Crippen MR) is 115 cm³/mol. The van der Waals surface area contributed by atoms with Crippen molar-refractivity contribution in [3.63, 3.8) is 0 Å². The zero-order valence-electron chi connectivity index (χ0n) is 18.5. The quantitative estimate of drug-likeness (QED) is 0.495. The molecule has 1 fully saturated rings. The molecular formula is C21H18F3N5O6S. The molecule has 2 aliphatic heterocycles. The van der Waals surface area contributed by atoms with Crippen LogP contribution in [0.1, 0.15) is 21.2 Å². The second kappa shape index (κ2) is 8.67. The lowest BCUT2D eigenvalue weighted by Crippen LogP contribution is -2.43. The molecule has 0 unspecified atom stereocenters. The van der Waals surface area contributed by atoms with Crippen LogP contribution in [-0.2, 0) is 17.1 Å². The Labute approximate surface area is 201 Å². The van der Waals surface area contributed by atoms with Crippen LogP contribution in [0.3, 0.4) is 0 Å². The van der Waals surface area contributed by atoms with E-state index in [1.54, 1.807) is 0 Å². The number of benzene rings is 1. The summed E-state index contributed by atoms with van der Waals surface area (Å²) in [6.07, 6.45) is 3.72. The van der Waals surface area contributed by atoms with Crippen molar-refractivity contribution in [1.29, 1.82) is 0 Å². The smallest absolute Gasteiger partial charge is 0.309 e. The average Bonchev–Trinajstić information content (AvgIpc) is 3.54. The highest BCUT2D eigenvalue weighted by Gasteiger charge is 2.43. The van der Waals surface area contributed by atoms with E-state index in [9.17, 15) is 31.2 Å². The molecule has 0 bridgehead atoms. The second-order valence-electron chi connectivity index (χ2n) is 8.34. The summed E-state index contributed by atoms with van der Waals surface area (Å²) in [5.74, 6) is -7.04. The standard InChI is InChI=1S/C21H18F3N5O6S/c1-28-8-15-18(17(28)19(30)26-11-4-12(22)16(24)13(23)5-11)35-9-10-6-29(7-14(10)27-36(15,32)33)21(31)20-25-2-3-34-20/h2-5,8,10,14,27H,6-7,9H2,1H3,(H,26,30)/t10-,14-/m0/s1. The van der Waals surface area contributed by atoms with Crippen molar-refractivity contribution in [3.05, 3.63) is 59.8 Å². The molecule has 3 aromatic rings. The second-order valence-corrected chi connectivity index (χ2v) is 10.0. The Morgan fingerprint density at radius 1 is 1.19 bits per heavy atom. The lowest BCUT2D eigenvalue weighted by Gasteiger charge is -2.23. The van der Waals surface area contributed by atoms with Crippen LogP contribution in [0.5, 0.6) is 5.75 Å². The molecule has 4 heterocycles. The molecule has 0 saturated carbocycles. The van der Waals surface area contributed by atoms with Crippen molar-refractivity contribution >= 4 is 27.5 Å². The van der Waals surface area contributed by atoms with E-state index in [0.29, 0.717) is 12.1 Å². The first-order chi connectivity index (χ1) is 17.0. The topological polar surface area (TPSA) is 136 Å². The molecule has 0 radical (unpaired) electrons. The molecule has 190 valence electrons. The van der Waals surface area contributed by atoms with Crippen molar-refractivity contribution in [3.8, 4) is 5.75 Å². The number of fused-ring (bicyclic) bond motifs is 2. The van der Waals surface area contributed by atoms with Gasteiger partial charge in [0, 0.05) is 56.1 Å². The first kappa shape index (κ1) is 23.9. The lowest BCUT2D eigenvalue weighted by molar-refractivity contribution is 0.0742. The third-order valence-electron chi connectivity index (χ3n) is 5.94. The van der Waals surface area contributed by atoms with Gasteiger partial charge in [-0.2, -0.15) is 0 Å². The highest BCUT2D eigenvalue weighted by atomic mass is 32.2. The number of amides is 2. The number of anilines is 1. The number of aryl methyl sites for hydroxylation is 1. The molecule has 2 amide bonds. The fourth-order valence-corrected chi connectivity index (χ4v) is 5.73. The molecule has 0 spiro atoms. The maximum atomic E-state index is 13.6. The van der Waals surface area contributed by atoms with Crippen molar-refractivity contribution in [2.45, 2.75) is 10.9 Å². The summed E-state index contributed by atoms with van der Waals surface area (Å²) in [7, 11) is -2.82. The number of hydrogen-bond acceptors (Lipinski definition) is 7. The molecule has 11 nitrogen and oxygen atoms in total. The number of carbonyl (C=O) groups is 2. The summed E-state index contributed by atoms with van der Waals surface area (Å²) in [5.41, 5.74) is -0.626. The minimum absolute atomic E-state index is 0.0473. The highest BCUT2D eigenvalue weighted by molar-refractivity contribution is 7.89. The number of ether oxygens (including phenoxy) is 1. The van der Waals surface area contributed by atoms with Gasteiger partial charge < -0.3 is 23.9 Å². The zero-order valence-corrected chi connectivity index (χ0v) is 19.3. The summed E-state index contributed by atoms with van der Waals surface area (Å²) in [6.45, 7) is 0.123. The Balaban J connectivity index is 1.42. The fraction of sp³-hybridized carbons (Fsp3) is 0.286. The number of nitrogens with one attached hydrogen (secondary N) is 2. The van der Waals surface area contributed by atoms with Crippen LogP contribution in [0.15, 0.2) is 40.1 Å². The van der Waals surface area contributed by atoms with Gasteiger partial charge in [-0.15, -0.1) is 0 Å². The molecule has 5 rings (SSSR count). The van der Waals surface area contributed by atoms with Gasteiger partial charge >= 0.3 is 5.91 Å². The van der Waals surface area contributed by atoms with Crippen molar-refractivity contribution in [1.82, 2.24) is 19.2 Å². The van der Waals surface area contributed by atoms with E-state index in [1.165, 1.54) is 29.0 Å². The van der Waals surface area contributed by atoms with Gasteiger partial charge in [-0.3, -0.25) is 9.59 Å². The van der Waals surface area contributed by atoms with Gasteiger partial charge in [-0.25, -0.2) is 31.3 Å². The zero-order chi connectivity index (χ0) is 25.8. The molecule has 0 aliphatic carbocycles. The molecule has 2 N–H and O–H groups in total. The Morgan fingerprint density at radius 2 is 1.92 bits per heavy atom. The molecule has 36 heavy (non-hydrogen) atoms. The Morgan fingerprint density at radius 3 is 2.58 bits per heavy atom. The van der Waals surface area contributed by atoms with E-state index in [4.69, 9.17) is 9.15 Å². The lowest BCUT2D eigenvalue weighted by atomic mass is 10.1. The number of sulfonamides is 1. The van der Waals surface area contributed by atoms with Crippen LogP contribution in [0, 0.1) is 23.4 Å². The highest BCUT2D eigenvalue weighted by Crippen LogP contribution is 2.35. The Bertz CT molecular complexity index is 1450. The van der Waals surface area contributed by atoms with Crippen LogP contribution in [0.2, 0.25) is 0 Å². The molecule has 1 aromatic carbocycles. The monoisotopic (exact) mass is 525 g/mol. The number of rotatable bonds is 3. The maximum absolute atomic E-state index is 13.6. The number of likely N-dealkylation sites (tertiary alicyclic amines) is 1. The van der Waals surface area contributed by atoms with E-state index in [1.807, 2.05) is 0 Å². The summed E-state index contributed by atoms with van der Waals surface area (Å²) in [4.78, 5) is 30.4. The summed E-state index contributed by atoms with van der Waals surface area (Å²) >= 11 is 0. The van der Waals surface area contributed by atoms with Crippen molar-refractivity contribution in [2.24, 2.45) is 13.0 Å². The Hall–Kier alpha value is -3.85. The van der Waals surface area contributed by atoms with Crippen LogP contribution in [0.4, 0.5) is 18.9 Å². The third-order valence-corrected chi connectivity index (χ3v) is 7.42. The first-order valence-corrected chi connectivity index (χ1v) is 12.0. The van der Waals surface area contributed by atoms with Gasteiger partial charge in [-0.05, 0) is 0 Å². The molecule has 2 aromatic heterocycles. The number of oxazole rings is 1. The Kier molecular flexibility index (Phi) is 5.75. The minimum Gasteiger partial charge on any atom is -0.489 e. The number of carbonyl (C=O) groups excluding carboxylic acids is 2. The molecule has 2 atom stereocenters. The predicted octanol–water partition coefficient (Wildman–Crippen LogP) is 1.49. The summed E-state index contributed by atoms with van der Waals surface area (Å²) in [6, 6.07) is 0.500. The summed E-state index contributed by atoms with van der Waals surface area (Å²) in [5, 5.41) is 2.22. The number of aromatic nitrogens is 2. The molecule has 15 heteroatoms. The van der Waals surface area contributed by atoms with Gasteiger partial charge in [0.15, 0.2) is 28.9 Å². The molecule has 1 saturated heterocycles.